The molecule has 1 N–H and O–H groups in total. The molecule has 2 unspecified atom stereocenters. The molecule has 0 spiro atoms. The average Bonchev–Trinajstić information content (AvgIpc) is 2.55. The minimum absolute atomic E-state index is 0.107. The summed E-state index contributed by atoms with van der Waals surface area (Å²) in [4.78, 5) is 13.6. The molecule has 2 atom stereocenters. The summed E-state index contributed by atoms with van der Waals surface area (Å²) >= 11 is 0. The summed E-state index contributed by atoms with van der Waals surface area (Å²) in [7, 11) is 0. The zero-order valence-corrected chi connectivity index (χ0v) is 8.63. The van der Waals surface area contributed by atoms with Gasteiger partial charge in [0.1, 0.15) is 0 Å². The number of amides is 2. The van der Waals surface area contributed by atoms with Gasteiger partial charge in [-0.3, -0.25) is 0 Å². The second kappa shape index (κ2) is 2.63. The molecule has 2 rings (SSSR count). The third-order valence-corrected chi connectivity index (χ3v) is 2.75. The van der Waals surface area contributed by atoms with Gasteiger partial charge in [0.2, 0.25) is 0 Å². The number of nitrogens with one attached hydrogen (secondary N) is 1. The Labute approximate surface area is 79.5 Å². The highest BCUT2D eigenvalue weighted by molar-refractivity contribution is 5.75. The molecule has 3 heteroatoms. The summed E-state index contributed by atoms with van der Waals surface area (Å²) in [6.45, 7) is 8.00. The van der Waals surface area contributed by atoms with Crippen LogP contribution in [0.3, 0.4) is 0 Å². The Hall–Kier alpha value is -0.730. The van der Waals surface area contributed by atoms with Gasteiger partial charge in [-0.05, 0) is 39.0 Å². The lowest BCUT2D eigenvalue weighted by atomic mass is 10.1. The molecule has 1 saturated carbocycles. The van der Waals surface area contributed by atoms with E-state index in [1.807, 2.05) is 25.7 Å². The van der Waals surface area contributed by atoms with Gasteiger partial charge in [-0.2, -0.15) is 0 Å². The first kappa shape index (κ1) is 8.85. The van der Waals surface area contributed by atoms with Crippen LogP contribution in [0.2, 0.25) is 0 Å². The monoisotopic (exact) mass is 182 g/mol. The van der Waals surface area contributed by atoms with Gasteiger partial charge in [-0.25, -0.2) is 4.79 Å². The molecule has 0 aromatic heterocycles. The number of fused-ring (bicyclic) bond motifs is 1. The lowest BCUT2D eigenvalue weighted by molar-refractivity contribution is 0.194. The number of carbonyl (C=O) groups is 1. The van der Waals surface area contributed by atoms with E-state index in [2.05, 4.69) is 5.32 Å². The first-order chi connectivity index (χ1) is 5.96. The van der Waals surface area contributed by atoms with Gasteiger partial charge in [0.25, 0.3) is 0 Å². The van der Waals surface area contributed by atoms with E-state index in [-0.39, 0.29) is 11.6 Å². The van der Waals surface area contributed by atoms with Crippen LogP contribution in [-0.4, -0.2) is 29.6 Å². The smallest absolute Gasteiger partial charge is 0.317 e. The van der Waals surface area contributed by atoms with E-state index < -0.39 is 0 Å². The third-order valence-electron chi connectivity index (χ3n) is 2.75. The van der Waals surface area contributed by atoms with Crippen LogP contribution in [0.4, 0.5) is 4.79 Å². The van der Waals surface area contributed by atoms with E-state index in [0.29, 0.717) is 0 Å². The molecule has 74 valence electrons. The molecule has 2 aliphatic rings. The number of nitrogens with zero attached hydrogens (tertiary/aromatic N) is 1. The predicted octanol–water partition coefficient (Wildman–Crippen LogP) is 1.45. The van der Waals surface area contributed by atoms with Gasteiger partial charge >= 0.3 is 6.03 Å². The standard InChI is InChI=1S/C10H18N2O/c1-10(2,3)11-9(13)12-5-7-4-8(7)6-12/h7-8H,4-6H2,1-3H3,(H,11,13). The molecule has 1 aliphatic carbocycles. The van der Waals surface area contributed by atoms with Gasteiger partial charge in [0.15, 0.2) is 0 Å². The average molecular weight is 182 g/mol. The van der Waals surface area contributed by atoms with Gasteiger partial charge < -0.3 is 10.2 Å². The van der Waals surface area contributed by atoms with Crippen LogP contribution in [0.1, 0.15) is 27.2 Å². The largest absolute Gasteiger partial charge is 0.333 e. The van der Waals surface area contributed by atoms with Gasteiger partial charge in [-0.15, -0.1) is 0 Å². The van der Waals surface area contributed by atoms with Crippen LogP contribution in [0.5, 0.6) is 0 Å². The summed E-state index contributed by atoms with van der Waals surface area (Å²) < 4.78 is 0. The van der Waals surface area contributed by atoms with Gasteiger partial charge in [0, 0.05) is 18.6 Å². The molecule has 2 amide bonds. The van der Waals surface area contributed by atoms with Crippen LogP contribution in [0, 0.1) is 11.8 Å². The molecule has 0 bridgehead atoms. The predicted molar refractivity (Wildman–Crippen MR) is 51.5 cm³/mol. The molecular weight excluding hydrogens is 164 g/mol. The molecule has 0 aromatic carbocycles. The number of urea groups is 1. The van der Waals surface area contributed by atoms with E-state index in [4.69, 9.17) is 0 Å². The molecule has 13 heavy (non-hydrogen) atoms. The molecule has 1 heterocycles. The Morgan fingerprint density at radius 2 is 1.85 bits per heavy atom. The highest BCUT2D eigenvalue weighted by atomic mass is 16.2. The van der Waals surface area contributed by atoms with Crippen molar-refractivity contribution in [1.82, 2.24) is 10.2 Å². The quantitative estimate of drug-likeness (QED) is 0.604. The third kappa shape index (κ3) is 1.95. The second-order valence-electron chi connectivity index (χ2n) is 5.34. The summed E-state index contributed by atoms with van der Waals surface area (Å²) in [5.74, 6) is 1.65. The molecular formula is C10H18N2O. The van der Waals surface area contributed by atoms with Crippen molar-refractivity contribution < 1.29 is 4.79 Å². The van der Waals surface area contributed by atoms with Crippen LogP contribution in [0.25, 0.3) is 0 Å². The van der Waals surface area contributed by atoms with E-state index in [9.17, 15) is 4.79 Å². The van der Waals surface area contributed by atoms with Gasteiger partial charge in [-0.1, -0.05) is 0 Å². The van der Waals surface area contributed by atoms with Gasteiger partial charge in [0.05, 0.1) is 0 Å². The van der Waals surface area contributed by atoms with E-state index in [1.165, 1.54) is 6.42 Å². The zero-order chi connectivity index (χ0) is 9.64. The number of hydrogen-bond acceptors (Lipinski definition) is 1. The number of carbonyl (C=O) groups excluding carboxylic acids is 1. The zero-order valence-electron chi connectivity index (χ0n) is 8.63. The number of piperidine rings is 1. The van der Waals surface area contributed by atoms with Crippen molar-refractivity contribution in [2.45, 2.75) is 32.7 Å². The molecule has 3 nitrogen and oxygen atoms in total. The molecule has 1 saturated heterocycles. The van der Waals surface area contributed by atoms with Crippen LogP contribution in [0.15, 0.2) is 0 Å². The Balaban J connectivity index is 1.84. The normalized spacial score (nSPS) is 31.5. The Bertz CT molecular complexity index is 222. The highest BCUT2D eigenvalue weighted by Crippen LogP contribution is 2.44. The summed E-state index contributed by atoms with van der Waals surface area (Å²) in [5.41, 5.74) is -0.107. The molecule has 1 aliphatic heterocycles. The van der Waals surface area contributed by atoms with Crippen molar-refractivity contribution in [1.29, 1.82) is 0 Å². The van der Waals surface area contributed by atoms with Crippen LogP contribution >= 0.6 is 0 Å². The Morgan fingerprint density at radius 3 is 2.31 bits per heavy atom. The van der Waals surface area contributed by atoms with E-state index in [1.54, 1.807) is 0 Å². The van der Waals surface area contributed by atoms with Crippen molar-refractivity contribution >= 4 is 6.03 Å². The molecule has 0 radical (unpaired) electrons. The Morgan fingerprint density at radius 1 is 1.31 bits per heavy atom. The fourth-order valence-electron chi connectivity index (χ4n) is 1.96. The minimum atomic E-state index is -0.107. The molecule has 2 fully saturated rings. The first-order valence-electron chi connectivity index (χ1n) is 5.03. The van der Waals surface area contributed by atoms with E-state index >= 15 is 0 Å². The Kier molecular flexibility index (Phi) is 1.79. The lowest BCUT2D eigenvalue weighted by Gasteiger charge is -2.26. The number of hydrogen-bond donors (Lipinski definition) is 1. The van der Waals surface area contributed by atoms with Crippen molar-refractivity contribution in [3.05, 3.63) is 0 Å². The number of likely N-dealkylation sites (tertiary alicyclic amines) is 1. The van der Waals surface area contributed by atoms with Crippen LogP contribution < -0.4 is 5.32 Å². The van der Waals surface area contributed by atoms with Crippen molar-refractivity contribution in [2.75, 3.05) is 13.1 Å². The number of rotatable bonds is 0. The second-order valence-corrected chi connectivity index (χ2v) is 5.34. The maximum absolute atomic E-state index is 11.6. The maximum Gasteiger partial charge on any atom is 0.317 e. The fourth-order valence-corrected chi connectivity index (χ4v) is 1.96. The highest BCUT2D eigenvalue weighted by Gasteiger charge is 2.46. The summed E-state index contributed by atoms with van der Waals surface area (Å²) in [6, 6.07) is 0.111. The first-order valence-corrected chi connectivity index (χ1v) is 5.03. The van der Waals surface area contributed by atoms with E-state index in [0.717, 1.165) is 24.9 Å². The summed E-state index contributed by atoms with van der Waals surface area (Å²) in [5, 5.41) is 2.99. The van der Waals surface area contributed by atoms with Crippen LogP contribution in [-0.2, 0) is 0 Å². The fraction of sp³-hybridized carbons (Fsp3) is 0.900. The van der Waals surface area contributed by atoms with Crippen molar-refractivity contribution in [3.8, 4) is 0 Å². The summed E-state index contributed by atoms with van der Waals surface area (Å²) in [6.07, 6.45) is 1.35. The molecule has 0 aromatic rings. The van der Waals surface area contributed by atoms with Crippen molar-refractivity contribution in [3.63, 3.8) is 0 Å². The minimum Gasteiger partial charge on any atom is -0.333 e. The van der Waals surface area contributed by atoms with Crippen molar-refractivity contribution in [2.24, 2.45) is 11.8 Å². The maximum atomic E-state index is 11.6. The lowest BCUT2D eigenvalue weighted by Crippen LogP contribution is -2.48. The topological polar surface area (TPSA) is 32.3 Å². The SMILES string of the molecule is CC(C)(C)NC(=O)N1CC2CC2C1.